The maximum atomic E-state index is 3.89. The average Bonchev–Trinajstić information content (AvgIpc) is 2.49. The Balaban J connectivity index is 2.03. The van der Waals surface area contributed by atoms with Crippen LogP contribution >= 0.6 is 0 Å². The molecule has 0 spiro atoms. The van der Waals surface area contributed by atoms with E-state index in [9.17, 15) is 0 Å². The summed E-state index contributed by atoms with van der Waals surface area (Å²) in [5.41, 5.74) is 0. The first-order valence-electron chi connectivity index (χ1n) is 9.64. The van der Waals surface area contributed by atoms with Crippen LogP contribution in [0.1, 0.15) is 79.1 Å². The minimum Gasteiger partial charge on any atom is -0.311 e. The molecule has 1 saturated heterocycles. The maximum Gasteiger partial charge on any atom is 0.0252 e. The predicted molar refractivity (Wildman–Crippen MR) is 92.7 cm³/mol. The van der Waals surface area contributed by atoms with E-state index in [0.717, 1.165) is 23.9 Å². The first-order valence-corrected chi connectivity index (χ1v) is 9.64. The highest BCUT2D eigenvalue weighted by Gasteiger charge is 2.36. The van der Waals surface area contributed by atoms with Crippen LogP contribution in [-0.4, -0.2) is 36.1 Å². The van der Waals surface area contributed by atoms with Gasteiger partial charge in [0.1, 0.15) is 0 Å². The Labute approximate surface area is 133 Å². The lowest BCUT2D eigenvalue weighted by atomic mass is 9.81. The van der Waals surface area contributed by atoms with E-state index < -0.39 is 0 Å². The molecule has 1 heterocycles. The van der Waals surface area contributed by atoms with Gasteiger partial charge in [0.05, 0.1) is 0 Å². The molecule has 2 atom stereocenters. The summed E-state index contributed by atoms with van der Waals surface area (Å²) in [4.78, 5) is 2.92. The zero-order chi connectivity index (χ0) is 15.2. The fraction of sp³-hybridized carbons (Fsp3) is 1.00. The van der Waals surface area contributed by atoms with Crippen LogP contribution in [0.5, 0.6) is 0 Å². The van der Waals surface area contributed by atoms with E-state index in [2.05, 4.69) is 37.9 Å². The van der Waals surface area contributed by atoms with Gasteiger partial charge in [0.25, 0.3) is 0 Å². The molecule has 2 heteroatoms. The molecule has 124 valence electrons. The van der Waals surface area contributed by atoms with Gasteiger partial charge in [0.2, 0.25) is 0 Å². The molecule has 0 aromatic carbocycles. The summed E-state index contributed by atoms with van der Waals surface area (Å²) >= 11 is 0. The van der Waals surface area contributed by atoms with Crippen molar-refractivity contribution in [3.63, 3.8) is 0 Å². The van der Waals surface area contributed by atoms with E-state index in [4.69, 9.17) is 0 Å². The largest absolute Gasteiger partial charge is 0.311 e. The predicted octanol–water partition coefficient (Wildman–Crippen LogP) is 4.44. The Kier molecular flexibility index (Phi) is 7.01. The fourth-order valence-electron chi connectivity index (χ4n) is 4.72. The Bertz CT molecular complexity index is 279. The second-order valence-electron chi connectivity index (χ2n) is 7.87. The van der Waals surface area contributed by atoms with Crippen molar-refractivity contribution in [3.8, 4) is 0 Å². The topological polar surface area (TPSA) is 15.3 Å². The zero-order valence-electron chi connectivity index (χ0n) is 14.9. The summed E-state index contributed by atoms with van der Waals surface area (Å²) in [5.74, 6) is 1.75. The molecule has 2 rings (SSSR count). The van der Waals surface area contributed by atoms with E-state index in [-0.39, 0.29) is 0 Å². The third-order valence-electron chi connectivity index (χ3n) is 5.83. The quantitative estimate of drug-likeness (QED) is 0.779. The monoisotopic (exact) mass is 294 g/mol. The maximum absolute atomic E-state index is 3.89. The van der Waals surface area contributed by atoms with Crippen molar-refractivity contribution < 1.29 is 0 Å². The average molecular weight is 295 g/mol. The lowest BCUT2D eigenvalue weighted by Crippen LogP contribution is -2.61. The molecule has 21 heavy (non-hydrogen) atoms. The first kappa shape index (κ1) is 17.3. The minimum absolute atomic E-state index is 0.713. The van der Waals surface area contributed by atoms with Gasteiger partial charge in [-0.2, -0.15) is 0 Å². The highest BCUT2D eigenvalue weighted by Crippen LogP contribution is 2.32. The van der Waals surface area contributed by atoms with Gasteiger partial charge in [-0.05, 0) is 43.9 Å². The van der Waals surface area contributed by atoms with Crippen LogP contribution in [0.3, 0.4) is 0 Å². The molecule has 0 aromatic rings. The second-order valence-corrected chi connectivity index (χ2v) is 7.87. The van der Waals surface area contributed by atoms with E-state index >= 15 is 0 Å². The van der Waals surface area contributed by atoms with E-state index in [0.29, 0.717) is 6.04 Å². The van der Waals surface area contributed by atoms with Crippen LogP contribution in [-0.2, 0) is 0 Å². The van der Waals surface area contributed by atoms with Crippen LogP contribution < -0.4 is 5.32 Å². The summed E-state index contributed by atoms with van der Waals surface area (Å²) in [6, 6.07) is 2.32. The van der Waals surface area contributed by atoms with Gasteiger partial charge in [0.15, 0.2) is 0 Å². The number of hydrogen-bond acceptors (Lipinski definition) is 2. The molecule has 2 fully saturated rings. The normalized spacial score (nSPS) is 29.4. The molecule has 1 saturated carbocycles. The molecule has 0 bridgehead atoms. The number of piperazine rings is 1. The van der Waals surface area contributed by atoms with Crippen molar-refractivity contribution in [3.05, 3.63) is 0 Å². The summed E-state index contributed by atoms with van der Waals surface area (Å²) < 4.78 is 0. The molecular weight excluding hydrogens is 256 g/mol. The number of nitrogens with one attached hydrogen (secondary N) is 1. The van der Waals surface area contributed by atoms with Gasteiger partial charge >= 0.3 is 0 Å². The molecule has 2 nitrogen and oxygen atoms in total. The molecular formula is C19H38N2. The Morgan fingerprint density at radius 2 is 1.71 bits per heavy atom. The standard InChI is InChI=1S/C19H38N2/c1-5-18(6-2)21-14-17(12-15(3)4)20-13-19(21)16-10-8-7-9-11-16/h15-20H,5-14H2,1-4H3. The van der Waals surface area contributed by atoms with Crippen molar-refractivity contribution in [2.45, 2.75) is 97.2 Å². The molecule has 2 aliphatic rings. The summed E-state index contributed by atoms with van der Waals surface area (Å²) in [6.07, 6.45) is 11.3. The Hall–Kier alpha value is -0.0800. The molecule has 2 unspecified atom stereocenters. The van der Waals surface area contributed by atoms with Crippen LogP contribution in [0.25, 0.3) is 0 Å². The van der Waals surface area contributed by atoms with Crippen LogP contribution in [0.4, 0.5) is 0 Å². The zero-order valence-corrected chi connectivity index (χ0v) is 14.9. The third kappa shape index (κ3) is 4.69. The Morgan fingerprint density at radius 3 is 2.29 bits per heavy atom. The SMILES string of the molecule is CCC(CC)N1CC(CC(C)C)NCC1C1CCCCC1. The molecule has 0 amide bonds. The number of nitrogens with zero attached hydrogens (tertiary/aromatic N) is 1. The number of rotatable bonds is 6. The summed E-state index contributed by atoms with van der Waals surface area (Å²) in [5, 5.41) is 3.89. The first-order chi connectivity index (χ1) is 10.2. The van der Waals surface area contributed by atoms with Gasteiger partial charge in [0, 0.05) is 31.2 Å². The lowest BCUT2D eigenvalue weighted by molar-refractivity contribution is 0.0285. The third-order valence-corrected chi connectivity index (χ3v) is 5.83. The van der Waals surface area contributed by atoms with E-state index in [1.165, 1.54) is 64.5 Å². The highest BCUT2D eigenvalue weighted by molar-refractivity contribution is 4.93. The number of hydrogen-bond donors (Lipinski definition) is 1. The van der Waals surface area contributed by atoms with Gasteiger partial charge in [-0.3, -0.25) is 4.90 Å². The molecule has 1 aliphatic heterocycles. The van der Waals surface area contributed by atoms with Gasteiger partial charge < -0.3 is 5.32 Å². The molecule has 1 aliphatic carbocycles. The van der Waals surface area contributed by atoms with Crippen molar-refractivity contribution in [1.29, 1.82) is 0 Å². The molecule has 1 N–H and O–H groups in total. The van der Waals surface area contributed by atoms with Gasteiger partial charge in [-0.25, -0.2) is 0 Å². The van der Waals surface area contributed by atoms with E-state index in [1.54, 1.807) is 0 Å². The minimum atomic E-state index is 0.713. The summed E-state index contributed by atoms with van der Waals surface area (Å²) in [6.45, 7) is 12.0. The lowest BCUT2D eigenvalue weighted by Gasteiger charge is -2.48. The Morgan fingerprint density at radius 1 is 1.05 bits per heavy atom. The fourth-order valence-corrected chi connectivity index (χ4v) is 4.72. The van der Waals surface area contributed by atoms with Crippen LogP contribution in [0.2, 0.25) is 0 Å². The van der Waals surface area contributed by atoms with Gasteiger partial charge in [-0.1, -0.05) is 47.0 Å². The highest BCUT2D eigenvalue weighted by atomic mass is 15.3. The van der Waals surface area contributed by atoms with Crippen molar-refractivity contribution in [2.24, 2.45) is 11.8 Å². The smallest absolute Gasteiger partial charge is 0.0252 e. The van der Waals surface area contributed by atoms with Crippen LogP contribution in [0, 0.1) is 11.8 Å². The second kappa shape index (κ2) is 8.53. The molecule has 0 aromatic heterocycles. The molecule has 0 radical (unpaired) electrons. The van der Waals surface area contributed by atoms with Crippen LogP contribution in [0.15, 0.2) is 0 Å². The van der Waals surface area contributed by atoms with Crippen molar-refractivity contribution in [2.75, 3.05) is 13.1 Å². The van der Waals surface area contributed by atoms with Crippen molar-refractivity contribution in [1.82, 2.24) is 10.2 Å². The summed E-state index contributed by atoms with van der Waals surface area (Å²) in [7, 11) is 0. The van der Waals surface area contributed by atoms with E-state index in [1.807, 2.05) is 0 Å². The van der Waals surface area contributed by atoms with Gasteiger partial charge in [-0.15, -0.1) is 0 Å². The van der Waals surface area contributed by atoms with Crippen molar-refractivity contribution >= 4 is 0 Å².